The first-order valence-corrected chi connectivity index (χ1v) is 10.1. The quantitative estimate of drug-likeness (QED) is 0.254. The van der Waals surface area contributed by atoms with Crippen LogP contribution in [0.4, 0.5) is 0 Å². The molecule has 1 aromatic heterocycles. The van der Waals surface area contributed by atoms with Crippen LogP contribution in [0.1, 0.15) is 5.56 Å². The number of aromatic amines is 1. The Labute approximate surface area is 175 Å². The standard InChI is InChI=1S/C17H12I2N2O3S/c1-24-15-10(18)6-9(7-11(15)19)8-14(16(22)23)25-17-20-12-4-2-3-5-13(12)21-17/h2-8H,1H3,(H,20,21)(H,22,23)/b14-8-. The number of hydrogen-bond donors (Lipinski definition) is 2. The van der Waals surface area contributed by atoms with E-state index in [9.17, 15) is 9.90 Å². The van der Waals surface area contributed by atoms with Crippen LogP contribution in [0.5, 0.6) is 5.75 Å². The monoisotopic (exact) mass is 578 g/mol. The summed E-state index contributed by atoms with van der Waals surface area (Å²) in [5.74, 6) is -0.202. The summed E-state index contributed by atoms with van der Waals surface area (Å²) < 4.78 is 7.20. The number of nitrogens with one attached hydrogen (secondary N) is 1. The molecule has 1 heterocycles. The topological polar surface area (TPSA) is 75.2 Å². The highest BCUT2D eigenvalue weighted by atomic mass is 127. The van der Waals surface area contributed by atoms with Gasteiger partial charge in [-0.2, -0.15) is 0 Å². The van der Waals surface area contributed by atoms with E-state index in [0.717, 1.165) is 41.2 Å². The lowest BCUT2D eigenvalue weighted by atomic mass is 10.2. The summed E-state index contributed by atoms with van der Waals surface area (Å²) in [6.07, 6.45) is 1.64. The predicted molar refractivity (Wildman–Crippen MR) is 116 cm³/mol. The van der Waals surface area contributed by atoms with Gasteiger partial charge in [-0.05, 0) is 92.8 Å². The van der Waals surface area contributed by atoms with Gasteiger partial charge in [0.1, 0.15) is 10.7 Å². The van der Waals surface area contributed by atoms with Crippen LogP contribution in [-0.4, -0.2) is 28.2 Å². The number of ether oxygens (including phenoxy) is 1. The van der Waals surface area contributed by atoms with Crippen molar-refractivity contribution >= 4 is 80.0 Å². The lowest BCUT2D eigenvalue weighted by Gasteiger charge is -2.08. The minimum atomic E-state index is -0.994. The summed E-state index contributed by atoms with van der Waals surface area (Å²) in [6.45, 7) is 0. The normalized spacial score (nSPS) is 11.7. The third-order valence-corrected chi connectivity index (χ3v) is 5.81. The van der Waals surface area contributed by atoms with Gasteiger partial charge in [0, 0.05) is 0 Å². The number of imidazole rings is 1. The number of para-hydroxylation sites is 2. The Morgan fingerprint density at radius 2 is 1.96 bits per heavy atom. The average Bonchev–Trinajstić information content (AvgIpc) is 2.96. The van der Waals surface area contributed by atoms with Crippen molar-refractivity contribution in [3.63, 3.8) is 0 Å². The first kappa shape index (κ1) is 18.5. The molecule has 0 atom stereocenters. The van der Waals surface area contributed by atoms with Gasteiger partial charge in [-0.15, -0.1) is 0 Å². The Balaban J connectivity index is 1.95. The number of carboxylic acids is 1. The van der Waals surface area contributed by atoms with E-state index in [1.807, 2.05) is 36.4 Å². The summed E-state index contributed by atoms with van der Waals surface area (Å²) >= 11 is 5.45. The van der Waals surface area contributed by atoms with Gasteiger partial charge < -0.3 is 14.8 Å². The van der Waals surface area contributed by atoms with Crippen LogP contribution in [0, 0.1) is 7.14 Å². The van der Waals surface area contributed by atoms with E-state index in [0.29, 0.717) is 5.16 Å². The molecule has 0 fully saturated rings. The van der Waals surface area contributed by atoms with Gasteiger partial charge >= 0.3 is 5.97 Å². The van der Waals surface area contributed by atoms with Crippen molar-refractivity contribution < 1.29 is 14.6 Å². The highest BCUT2D eigenvalue weighted by Crippen LogP contribution is 2.32. The van der Waals surface area contributed by atoms with Gasteiger partial charge in [0.05, 0.1) is 25.3 Å². The number of aromatic nitrogens is 2. The molecule has 0 bridgehead atoms. The molecule has 0 saturated heterocycles. The zero-order chi connectivity index (χ0) is 18.0. The molecule has 2 aromatic carbocycles. The maximum absolute atomic E-state index is 11.7. The predicted octanol–water partition coefficient (Wildman–Crippen LogP) is 5.00. The van der Waals surface area contributed by atoms with E-state index in [4.69, 9.17) is 4.74 Å². The van der Waals surface area contributed by atoms with Crippen LogP contribution in [0.2, 0.25) is 0 Å². The molecule has 128 valence electrons. The number of thioether (sulfide) groups is 1. The number of benzene rings is 2. The molecule has 3 aromatic rings. The van der Waals surface area contributed by atoms with Crippen LogP contribution < -0.4 is 4.74 Å². The highest BCUT2D eigenvalue weighted by molar-refractivity contribution is 14.1. The van der Waals surface area contributed by atoms with Crippen molar-refractivity contribution in [2.24, 2.45) is 0 Å². The fourth-order valence-electron chi connectivity index (χ4n) is 2.23. The van der Waals surface area contributed by atoms with Crippen LogP contribution in [0.15, 0.2) is 46.5 Å². The minimum Gasteiger partial charge on any atom is -0.495 e. The SMILES string of the molecule is COc1c(I)cc(/C=C(\Sc2nc3ccccc3[nH]2)C(=O)O)cc1I. The van der Waals surface area contributed by atoms with Crippen molar-refractivity contribution in [2.75, 3.05) is 7.11 Å². The number of carbonyl (C=O) groups is 1. The molecule has 2 N–H and O–H groups in total. The molecular formula is C17H12I2N2O3S. The number of methoxy groups -OCH3 is 1. The molecule has 0 unspecified atom stereocenters. The van der Waals surface area contributed by atoms with E-state index in [-0.39, 0.29) is 4.91 Å². The first-order valence-electron chi connectivity index (χ1n) is 7.08. The molecule has 8 heteroatoms. The Kier molecular flexibility index (Phi) is 5.89. The number of hydrogen-bond acceptors (Lipinski definition) is 4. The minimum absolute atomic E-state index is 0.191. The average molecular weight is 578 g/mol. The second-order valence-electron chi connectivity index (χ2n) is 4.99. The summed E-state index contributed by atoms with van der Waals surface area (Å²) in [4.78, 5) is 19.4. The Morgan fingerprint density at radius 1 is 1.28 bits per heavy atom. The van der Waals surface area contributed by atoms with Gasteiger partial charge in [-0.25, -0.2) is 9.78 Å². The van der Waals surface area contributed by atoms with E-state index in [1.165, 1.54) is 0 Å². The molecule has 0 saturated carbocycles. The molecule has 25 heavy (non-hydrogen) atoms. The van der Waals surface area contributed by atoms with Crippen LogP contribution >= 0.6 is 56.9 Å². The van der Waals surface area contributed by atoms with Crippen LogP contribution in [0.3, 0.4) is 0 Å². The molecule has 0 aliphatic heterocycles. The van der Waals surface area contributed by atoms with Crippen molar-refractivity contribution in [3.8, 4) is 5.75 Å². The second-order valence-corrected chi connectivity index (χ2v) is 8.35. The molecule has 0 spiro atoms. The van der Waals surface area contributed by atoms with Gasteiger partial charge in [-0.3, -0.25) is 0 Å². The Hall–Kier alpha value is -1.27. The van der Waals surface area contributed by atoms with E-state index >= 15 is 0 Å². The number of nitrogens with zero attached hydrogens (tertiary/aromatic N) is 1. The fraction of sp³-hybridized carbons (Fsp3) is 0.0588. The van der Waals surface area contributed by atoms with Crippen molar-refractivity contribution in [2.45, 2.75) is 5.16 Å². The van der Waals surface area contributed by atoms with Gasteiger partial charge in [0.15, 0.2) is 5.16 Å². The van der Waals surface area contributed by atoms with Crippen LogP contribution in [0.25, 0.3) is 17.1 Å². The summed E-state index contributed by atoms with van der Waals surface area (Å²) in [6, 6.07) is 11.4. The number of halogens is 2. The molecular weight excluding hydrogens is 566 g/mol. The molecule has 3 rings (SSSR count). The molecule has 5 nitrogen and oxygen atoms in total. The maximum atomic E-state index is 11.7. The number of rotatable bonds is 5. The number of carboxylic acid groups (broad SMARTS) is 1. The molecule has 0 radical (unpaired) electrons. The van der Waals surface area contributed by atoms with Crippen molar-refractivity contribution in [1.82, 2.24) is 9.97 Å². The number of aliphatic carboxylic acids is 1. The summed E-state index contributed by atoms with van der Waals surface area (Å²) in [5, 5.41) is 10.1. The third kappa shape index (κ3) is 4.29. The first-order chi connectivity index (χ1) is 12.0. The van der Waals surface area contributed by atoms with Crippen molar-refractivity contribution in [1.29, 1.82) is 0 Å². The lowest BCUT2D eigenvalue weighted by molar-refractivity contribution is -0.131. The van der Waals surface area contributed by atoms with Crippen LogP contribution in [-0.2, 0) is 4.79 Å². The van der Waals surface area contributed by atoms with E-state index < -0.39 is 5.97 Å². The smallest absolute Gasteiger partial charge is 0.342 e. The maximum Gasteiger partial charge on any atom is 0.342 e. The third-order valence-electron chi connectivity index (χ3n) is 3.31. The number of H-pyrrole nitrogens is 1. The largest absolute Gasteiger partial charge is 0.495 e. The van der Waals surface area contributed by atoms with Crippen molar-refractivity contribution in [3.05, 3.63) is 54.0 Å². The Bertz CT molecular complexity index is 929. The second kappa shape index (κ2) is 7.96. The van der Waals surface area contributed by atoms with E-state index in [1.54, 1.807) is 13.2 Å². The van der Waals surface area contributed by atoms with Gasteiger partial charge in [-0.1, -0.05) is 12.1 Å². The van der Waals surface area contributed by atoms with Gasteiger partial charge in [0.25, 0.3) is 0 Å². The molecule has 0 aliphatic carbocycles. The van der Waals surface area contributed by atoms with Gasteiger partial charge in [0.2, 0.25) is 0 Å². The Morgan fingerprint density at radius 3 is 2.56 bits per heavy atom. The zero-order valence-electron chi connectivity index (χ0n) is 12.9. The zero-order valence-corrected chi connectivity index (χ0v) is 18.0. The molecule has 0 aliphatic rings. The molecule has 0 amide bonds. The fourth-order valence-corrected chi connectivity index (χ4v) is 5.28. The highest BCUT2D eigenvalue weighted by Gasteiger charge is 2.14. The van der Waals surface area contributed by atoms with E-state index in [2.05, 4.69) is 55.1 Å². The summed E-state index contributed by atoms with van der Waals surface area (Å²) in [5.41, 5.74) is 2.49. The summed E-state index contributed by atoms with van der Waals surface area (Å²) in [7, 11) is 1.62. The lowest BCUT2D eigenvalue weighted by Crippen LogP contribution is -1.98. The number of fused-ring (bicyclic) bond motifs is 1.